The van der Waals surface area contributed by atoms with Gasteiger partial charge in [0.1, 0.15) is 0 Å². The van der Waals surface area contributed by atoms with Crippen LogP contribution in [0.3, 0.4) is 0 Å². The van der Waals surface area contributed by atoms with Crippen molar-refractivity contribution in [2.45, 2.75) is 25.7 Å². The largest absolute Gasteiger partial charge is 0.374 e. The van der Waals surface area contributed by atoms with Gasteiger partial charge in [-0.2, -0.15) is 0 Å². The molecule has 2 rings (SSSR count). The van der Waals surface area contributed by atoms with Gasteiger partial charge < -0.3 is 10.6 Å². The fraction of sp³-hybridized carbons (Fsp3) is 0.571. The summed E-state index contributed by atoms with van der Waals surface area (Å²) in [7, 11) is 2.16. The van der Waals surface area contributed by atoms with E-state index in [1.165, 1.54) is 30.5 Å². The Morgan fingerprint density at radius 2 is 2.18 bits per heavy atom. The summed E-state index contributed by atoms with van der Waals surface area (Å²) in [6.45, 7) is 1.78. The molecule has 0 bridgehead atoms. The van der Waals surface area contributed by atoms with Crippen LogP contribution in [0, 0.1) is 5.92 Å². The summed E-state index contributed by atoms with van der Waals surface area (Å²) >= 11 is 6.25. The van der Waals surface area contributed by atoms with Crippen LogP contribution in [0.2, 0.25) is 5.02 Å². The fourth-order valence-corrected chi connectivity index (χ4v) is 2.72. The van der Waals surface area contributed by atoms with Gasteiger partial charge in [0.25, 0.3) is 0 Å². The molecule has 1 aromatic carbocycles. The highest BCUT2D eigenvalue weighted by Gasteiger charge is 2.20. The zero-order chi connectivity index (χ0) is 12.3. The third kappa shape index (κ3) is 2.93. The number of anilines is 1. The number of hydrogen-bond donors (Lipinski definition) is 1. The Morgan fingerprint density at radius 3 is 2.76 bits per heavy atom. The molecule has 17 heavy (non-hydrogen) atoms. The molecule has 1 fully saturated rings. The van der Waals surface area contributed by atoms with Crippen molar-refractivity contribution in [1.82, 2.24) is 0 Å². The lowest BCUT2D eigenvalue weighted by Gasteiger charge is -2.32. The number of nitrogens with two attached hydrogens (primary N) is 1. The smallest absolute Gasteiger partial charge is 0.0459 e. The molecule has 1 saturated carbocycles. The highest BCUT2D eigenvalue weighted by Crippen LogP contribution is 2.31. The first-order valence-corrected chi connectivity index (χ1v) is 6.78. The summed E-state index contributed by atoms with van der Waals surface area (Å²) in [5.74, 6) is 0.865. The van der Waals surface area contributed by atoms with E-state index in [2.05, 4.69) is 18.0 Å². The third-order valence-electron chi connectivity index (χ3n) is 3.66. The fourth-order valence-electron chi connectivity index (χ4n) is 2.46. The van der Waals surface area contributed by atoms with Crippen molar-refractivity contribution in [2.75, 3.05) is 25.0 Å². The van der Waals surface area contributed by atoms with Crippen molar-refractivity contribution in [1.29, 1.82) is 0 Å². The van der Waals surface area contributed by atoms with Gasteiger partial charge in [0.05, 0.1) is 0 Å². The second-order valence-corrected chi connectivity index (χ2v) is 5.36. The standard InChI is InChI=1S/C14H21ClN2/c1-17(10-11-4-2-5-11)14-7-3-6-13(15)12(14)8-9-16/h3,6-7,11H,2,4-5,8-10,16H2,1H3. The second-order valence-electron chi connectivity index (χ2n) is 4.95. The molecule has 2 N–H and O–H groups in total. The van der Waals surface area contributed by atoms with Gasteiger partial charge in [0.2, 0.25) is 0 Å². The van der Waals surface area contributed by atoms with Crippen molar-refractivity contribution in [3.63, 3.8) is 0 Å². The molecule has 0 aliphatic heterocycles. The lowest BCUT2D eigenvalue weighted by molar-refractivity contribution is 0.321. The molecule has 0 heterocycles. The van der Waals surface area contributed by atoms with Crippen LogP contribution in [-0.4, -0.2) is 20.1 Å². The molecule has 1 aromatic rings. The topological polar surface area (TPSA) is 29.3 Å². The maximum Gasteiger partial charge on any atom is 0.0459 e. The molecule has 1 aliphatic carbocycles. The first-order chi connectivity index (χ1) is 8.22. The van der Waals surface area contributed by atoms with Crippen molar-refractivity contribution in [3.05, 3.63) is 28.8 Å². The lowest BCUT2D eigenvalue weighted by atomic mass is 9.85. The van der Waals surface area contributed by atoms with Crippen LogP contribution in [0.5, 0.6) is 0 Å². The Labute approximate surface area is 109 Å². The van der Waals surface area contributed by atoms with E-state index in [1.54, 1.807) is 0 Å². The van der Waals surface area contributed by atoms with Gasteiger partial charge in [-0.05, 0) is 49.4 Å². The highest BCUT2D eigenvalue weighted by molar-refractivity contribution is 6.31. The maximum atomic E-state index is 6.25. The zero-order valence-electron chi connectivity index (χ0n) is 10.5. The van der Waals surface area contributed by atoms with E-state index in [4.69, 9.17) is 17.3 Å². The summed E-state index contributed by atoms with van der Waals surface area (Å²) in [6.07, 6.45) is 4.99. The van der Waals surface area contributed by atoms with E-state index < -0.39 is 0 Å². The molecule has 1 aliphatic rings. The molecular weight excluding hydrogens is 232 g/mol. The number of hydrogen-bond acceptors (Lipinski definition) is 2. The molecule has 0 aromatic heterocycles. The molecule has 2 nitrogen and oxygen atoms in total. The first-order valence-electron chi connectivity index (χ1n) is 6.41. The van der Waals surface area contributed by atoms with E-state index >= 15 is 0 Å². The van der Waals surface area contributed by atoms with E-state index in [1.807, 2.05) is 12.1 Å². The normalized spacial score (nSPS) is 15.7. The molecule has 94 valence electrons. The van der Waals surface area contributed by atoms with Gasteiger partial charge in [-0.25, -0.2) is 0 Å². The van der Waals surface area contributed by atoms with Gasteiger partial charge in [-0.15, -0.1) is 0 Å². The average molecular weight is 253 g/mol. The molecular formula is C14H21ClN2. The summed E-state index contributed by atoms with van der Waals surface area (Å²) in [6, 6.07) is 6.12. The van der Waals surface area contributed by atoms with E-state index in [0.29, 0.717) is 6.54 Å². The van der Waals surface area contributed by atoms with E-state index in [0.717, 1.165) is 23.9 Å². The SMILES string of the molecule is CN(CC1CCC1)c1cccc(Cl)c1CCN. The number of halogens is 1. The van der Waals surface area contributed by atoms with Gasteiger partial charge in [-0.1, -0.05) is 24.1 Å². The summed E-state index contributed by atoms with van der Waals surface area (Å²) in [5.41, 5.74) is 8.10. The van der Waals surface area contributed by atoms with E-state index in [9.17, 15) is 0 Å². The summed E-state index contributed by atoms with van der Waals surface area (Å²) in [4.78, 5) is 2.33. The zero-order valence-corrected chi connectivity index (χ0v) is 11.2. The van der Waals surface area contributed by atoms with Crippen LogP contribution in [0.4, 0.5) is 5.69 Å². The lowest BCUT2D eigenvalue weighted by Crippen LogP contribution is -2.30. The highest BCUT2D eigenvalue weighted by atomic mass is 35.5. The maximum absolute atomic E-state index is 6.25. The van der Waals surface area contributed by atoms with Crippen LogP contribution in [-0.2, 0) is 6.42 Å². The minimum atomic E-state index is 0.647. The summed E-state index contributed by atoms with van der Waals surface area (Å²) < 4.78 is 0. The van der Waals surface area contributed by atoms with Gasteiger partial charge in [0, 0.05) is 24.3 Å². The van der Waals surface area contributed by atoms with Gasteiger partial charge >= 0.3 is 0 Å². The predicted octanol–water partition coefficient (Wildman–Crippen LogP) is 3.08. The molecule has 0 atom stereocenters. The van der Waals surface area contributed by atoms with Gasteiger partial charge in [-0.3, -0.25) is 0 Å². The molecule has 3 heteroatoms. The Morgan fingerprint density at radius 1 is 1.41 bits per heavy atom. The minimum Gasteiger partial charge on any atom is -0.374 e. The van der Waals surface area contributed by atoms with Crippen LogP contribution >= 0.6 is 11.6 Å². The third-order valence-corrected chi connectivity index (χ3v) is 4.01. The number of rotatable bonds is 5. The Balaban J connectivity index is 2.14. The molecule has 0 amide bonds. The Kier molecular flexibility index (Phi) is 4.30. The quantitative estimate of drug-likeness (QED) is 0.873. The minimum absolute atomic E-state index is 0.647. The molecule has 0 radical (unpaired) electrons. The second kappa shape index (κ2) is 5.74. The Bertz CT molecular complexity index is 374. The number of benzene rings is 1. The van der Waals surface area contributed by atoms with E-state index in [-0.39, 0.29) is 0 Å². The predicted molar refractivity (Wildman–Crippen MR) is 74.8 cm³/mol. The van der Waals surface area contributed by atoms with Crippen LogP contribution in [0.25, 0.3) is 0 Å². The van der Waals surface area contributed by atoms with Crippen molar-refractivity contribution in [2.24, 2.45) is 11.7 Å². The first kappa shape index (κ1) is 12.7. The van der Waals surface area contributed by atoms with Crippen LogP contribution in [0.1, 0.15) is 24.8 Å². The van der Waals surface area contributed by atoms with Gasteiger partial charge in [0.15, 0.2) is 0 Å². The molecule has 0 spiro atoms. The molecule has 0 unspecified atom stereocenters. The summed E-state index contributed by atoms with van der Waals surface area (Å²) in [5, 5.41) is 0.841. The van der Waals surface area contributed by atoms with Crippen molar-refractivity contribution >= 4 is 17.3 Å². The van der Waals surface area contributed by atoms with Crippen LogP contribution < -0.4 is 10.6 Å². The average Bonchev–Trinajstić information content (AvgIpc) is 2.26. The molecule has 0 saturated heterocycles. The van der Waals surface area contributed by atoms with Crippen LogP contribution in [0.15, 0.2) is 18.2 Å². The van der Waals surface area contributed by atoms with Crippen molar-refractivity contribution < 1.29 is 0 Å². The monoisotopic (exact) mass is 252 g/mol. The van der Waals surface area contributed by atoms with Crippen molar-refractivity contribution in [3.8, 4) is 0 Å². The number of nitrogens with zero attached hydrogens (tertiary/aromatic N) is 1. The Hall–Kier alpha value is -0.730.